The molecule has 0 fully saturated rings. The van der Waals surface area contributed by atoms with Crippen LogP contribution in [0.3, 0.4) is 0 Å². The Morgan fingerprint density at radius 2 is 0.667 bits per heavy atom. The van der Waals surface area contributed by atoms with Crippen molar-refractivity contribution in [2.75, 3.05) is 0 Å². The first-order chi connectivity index (χ1) is 0. The van der Waals surface area contributed by atoms with Gasteiger partial charge in [0.15, 0.2) is 0 Å². The van der Waals surface area contributed by atoms with Crippen LogP contribution < -0.4 is 0 Å². The number of hydrogen-bond acceptors (Lipinski definition) is 3. The van der Waals surface area contributed by atoms with Gasteiger partial charge in [-0.1, -0.05) is 0 Å². The van der Waals surface area contributed by atoms with Crippen molar-refractivity contribution in [2.45, 2.75) is 0 Å². The van der Waals surface area contributed by atoms with Gasteiger partial charge in [-0.15, -0.1) is 0 Å². The summed E-state index contributed by atoms with van der Waals surface area (Å²) in [6.07, 6.45) is 0. The number of rotatable bonds is 0. The minimum absolute atomic E-state index is 0. The summed E-state index contributed by atoms with van der Waals surface area (Å²) in [7, 11) is 0. The summed E-state index contributed by atoms with van der Waals surface area (Å²) in [4.78, 5) is 0. The molecule has 0 aliphatic rings. The van der Waals surface area contributed by atoms with Gasteiger partial charge in [0.25, 0.3) is 0 Å². The van der Waals surface area contributed by atoms with Crippen LogP contribution in [0.2, 0.25) is 0 Å². The van der Waals surface area contributed by atoms with Crippen molar-refractivity contribution < 1.29 is 55.5 Å². The topological polar surface area (TPSA) is 122 Å². The van der Waals surface area contributed by atoms with Crippen molar-refractivity contribution in [2.24, 2.45) is 0 Å². The Bertz CT molecular complexity index is 7.51. The predicted octanol–water partition coefficient (Wildman–Crippen LogP) is -1.36. The monoisotopic (exact) mass is 183 g/mol. The van der Waals surface area contributed by atoms with Crippen LogP contribution in [-0.2, 0) is 33.6 Å². The van der Waals surface area contributed by atoms with Gasteiger partial charge < -0.3 is 21.9 Å². The van der Waals surface area contributed by atoms with Gasteiger partial charge in [0.2, 0.25) is 0 Å². The molecule has 0 atom stereocenters. The van der Waals surface area contributed by atoms with Gasteiger partial charge in [-0.2, -0.15) is 0 Å². The van der Waals surface area contributed by atoms with Gasteiger partial charge >= 0.3 is 17.1 Å². The molecule has 0 aliphatic carbocycles. The summed E-state index contributed by atoms with van der Waals surface area (Å²) in [5, 5.41) is 0. The first-order valence-electron chi connectivity index (χ1n) is 0. The van der Waals surface area contributed by atoms with Gasteiger partial charge in [-0.05, 0) is 0 Å². The van der Waals surface area contributed by atoms with Crippen LogP contribution in [0, 0.1) is 0 Å². The Morgan fingerprint density at radius 3 is 0.667 bits per heavy atom. The summed E-state index contributed by atoms with van der Waals surface area (Å²) in [6.45, 7) is 0. The van der Waals surface area contributed by atoms with E-state index in [1.165, 1.54) is 0 Å². The second kappa shape index (κ2) is 189. The maximum atomic E-state index is 0. The van der Waals surface area contributed by atoms with E-state index in [4.69, 9.17) is 0 Å². The fourth-order valence-corrected chi connectivity index (χ4v) is 0. The Labute approximate surface area is 55.9 Å². The van der Waals surface area contributed by atoms with Crippen LogP contribution in [0.25, 0.3) is 0 Å². The summed E-state index contributed by atoms with van der Waals surface area (Å²) >= 11 is 0. The molecule has 0 unspecified atom stereocenters. The summed E-state index contributed by atoms with van der Waals surface area (Å²) in [5.74, 6) is 0. The van der Waals surface area contributed by atoms with Crippen molar-refractivity contribution in [3.8, 4) is 0 Å². The van der Waals surface area contributed by atoms with Crippen LogP contribution in [-0.4, -0.2) is 21.9 Å². The maximum absolute atomic E-state index is 0. The molecule has 0 aromatic carbocycles. The van der Waals surface area contributed by atoms with Gasteiger partial charge in [-0.25, -0.2) is 0 Å². The molecule has 6 heteroatoms. The third kappa shape index (κ3) is 99.0. The molecule has 0 bridgehead atoms. The molecule has 0 saturated carbocycles. The molecule has 0 radical (unpaired) electrons. The average Bonchev–Trinajstić information content (AvgIpc) is 0. The first-order valence-corrected chi connectivity index (χ1v) is 0. The minimum Gasteiger partial charge on any atom is -0.870 e. The van der Waals surface area contributed by atoms with E-state index in [1.54, 1.807) is 0 Å². The second-order valence-corrected chi connectivity index (χ2v) is 0. The first kappa shape index (κ1) is 323. The fourth-order valence-electron chi connectivity index (χ4n) is 0. The Morgan fingerprint density at radius 1 is 0.667 bits per heavy atom. The van der Waals surface area contributed by atoms with E-state index in [1.807, 2.05) is 0 Å². The normalized spacial score (nSPS) is 0. The molecular weight excluding hydrogens is 179 g/mol. The van der Waals surface area contributed by atoms with Crippen LogP contribution in [0.15, 0.2) is 0 Å². The van der Waals surface area contributed by atoms with Crippen molar-refractivity contribution in [1.82, 2.24) is 0 Å². The third-order valence-electron chi connectivity index (χ3n) is 0. The quantitative estimate of drug-likeness (QED) is 0.431. The SMILES string of the molecule is O.[Fe+2].[Ni].[OH-].[OH-].[OH-]. The van der Waals surface area contributed by atoms with Crippen molar-refractivity contribution >= 4 is 0 Å². The third-order valence-corrected chi connectivity index (χ3v) is 0. The second-order valence-electron chi connectivity index (χ2n) is 0. The van der Waals surface area contributed by atoms with Gasteiger partial charge in [-0.3, -0.25) is 0 Å². The molecule has 6 heavy (non-hydrogen) atoms. The maximum Gasteiger partial charge on any atom is 2.00 e. The Hall–Kier alpha value is 0.853. The summed E-state index contributed by atoms with van der Waals surface area (Å²) in [6, 6.07) is 0. The fraction of sp³-hybridized carbons (Fsp3) is 0. The molecule has 4 nitrogen and oxygen atoms in total. The van der Waals surface area contributed by atoms with E-state index < -0.39 is 0 Å². The molecule has 0 aliphatic heterocycles. The summed E-state index contributed by atoms with van der Waals surface area (Å²) < 4.78 is 0. The zero-order valence-electron chi connectivity index (χ0n) is 2.51. The van der Waals surface area contributed by atoms with E-state index in [9.17, 15) is 0 Å². The summed E-state index contributed by atoms with van der Waals surface area (Å²) in [5.41, 5.74) is 0. The zero-order valence-corrected chi connectivity index (χ0v) is 4.60. The standard InChI is InChI=1S/Fe.Ni.4H2O/h;;4*1H2/q+2;;;;;/p-3. The average molecular weight is 184 g/mol. The Balaban J connectivity index is 0. The van der Waals surface area contributed by atoms with Crippen molar-refractivity contribution in [1.29, 1.82) is 0 Å². The van der Waals surface area contributed by atoms with E-state index in [-0.39, 0.29) is 55.5 Å². The molecular formula is H5FeNiO4-. The smallest absolute Gasteiger partial charge is 0.870 e. The minimum atomic E-state index is 0. The van der Waals surface area contributed by atoms with E-state index in [2.05, 4.69) is 0 Å². The molecule has 0 heterocycles. The van der Waals surface area contributed by atoms with Gasteiger partial charge in [0.1, 0.15) is 0 Å². The van der Waals surface area contributed by atoms with Crippen LogP contribution in [0.4, 0.5) is 0 Å². The van der Waals surface area contributed by atoms with E-state index >= 15 is 0 Å². The van der Waals surface area contributed by atoms with Gasteiger partial charge in [0, 0.05) is 16.5 Å². The van der Waals surface area contributed by atoms with E-state index in [0.29, 0.717) is 0 Å². The Kier molecular flexibility index (Phi) is 10200. The molecule has 0 spiro atoms. The van der Waals surface area contributed by atoms with Gasteiger partial charge in [0.05, 0.1) is 0 Å². The molecule has 0 saturated heterocycles. The molecule has 48 valence electrons. The van der Waals surface area contributed by atoms with E-state index in [0.717, 1.165) is 0 Å². The van der Waals surface area contributed by atoms with Crippen LogP contribution in [0.5, 0.6) is 0 Å². The molecule has 5 N–H and O–H groups in total. The van der Waals surface area contributed by atoms with Crippen molar-refractivity contribution in [3.05, 3.63) is 0 Å². The molecule has 0 aromatic rings. The van der Waals surface area contributed by atoms with Crippen molar-refractivity contribution in [3.63, 3.8) is 0 Å². The zero-order chi connectivity index (χ0) is 0. The molecule has 0 amide bonds. The number of hydrogen-bond donors (Lipinski definition) is 0. The predicted molar refractivity (Wildman–Crippen MR) is 9.42 cm³/mol. The van der Waals surface area contributed by atoms with Crippen LogP contribution in [0.1, 0.15) is 0 Å². The molecule has 0 rings (SSSR count). The van der Waals surface area contributed by atoms with Crippen LogP contribution >= 0.6 is 0 Å². The largest absolute Gasteiger partial charge is 2.00 e. The molecule has 0 aromatic heterocycles.